The van der Waals surface area contributed by atoms with Crippen LogP contribution < -0.4 is 5.32 Å². The van der Waals surface area contributed by atoms with Crippen LogP contribution in [0.25, 0.3) is 0 Å². The van der Waals surface area contributed by atoms with Gasteiger partial charge >= 0.3 is 0 Å². The first-order valence-corrected chi connectivity index (χ1v) is 6.21. The van der Waals surface area contributed by atoms with Crippen LogP contribution in [0.4, 0.5) is 0 Å². The number of hydrogen-bond donors (Lipinski definition) is 1. The lowest BCUT2D eigenvalue weighted by atomic mass is 9.99. The first-order valence-electron chi connectivity index (χ1n) is 6.21. The number of nitrogens with one attached hydrogen (secondary N) is 1. The highest BCUT2D eigenvalue weighted by atomic mass is 35.5. The van der Waals surface area contributed by atoms with Crippen LogP contribution in [0.2, 0.25) is 0 Å². The Labute approximate surface area is 108 Å². The molecular weight excluding hydrogens is 238 g/mol. The Kier molecular flexibility index (Phi) is 4.36. The van der Waals surface area contributed by atoms with Crippen molar-refractivity contribution in [3.8, 4) is 0 Å². The van der Waals surface area contributed by atoms with Crippen LogP contribution in [-0.4, -0.2) is 45.8 Å². The van der Waals surface area contributed by atoms with Gasteiger partial charge in [0.2, 0.25) is 0 Å². The molecule has 5 nitrogen and oxygen atoms in total. The van der Waals surface area contributed by atoms with Crippen LogP contribution in [0.1, 0.15) is 18.7 Å². The van der Waals surface area contributed by atoms with E-state index in [1.165, 1.54) is 32.5 Å². The quantitative estimate of drug-likeness (QED) is 0.839. The number of halogens is 1. The van der Waals surface area contributed by atoms with Crippen molar-refractivity contribution in [2.75, 3.05) is 26.2 Å². The largest absolute Gasteiger partial charge is 0.316 e. The summed E-state index contributed by atoms with van der Waals surface area (Å²) in [6, 6.07) is 0. The first-order chi connectivity index (χ1) is 7.92. The molecule has 2 aliphatic rings. The Morgan fingerprint density at radius 1 is 1.41 bits per heavy atom. The van der Waals surface area contributed by atoms with Crippen molar-refractivity contribution in [3.05, 3.63) is 12.2 Å². The van der Waals surface area contributed by atoms with Crippen molar-refractivity contribution >= 4 is 12.4 Å². The standard InChI is InChI=1S/C11H19N5.ClH/c1-2-10(6-12-3-1)7-15-4-5-16-11(8-15)13-9-14-16;/h9-10,12H,1-8H2;1H. The summed E-state index contributed by atoms with van der Waals surface area (Å²) >= 11 is 0. The molecule has 0 aliphatic carbocycles. The average molecular weight is 258 g/mol. The molecule has 0 saturated carbocycles. The van der Waals surface area contributed by atoms with Crippen molar-refractivity contribution in [1.29, 1.82) is 0 Å². The summed E-state index contributed by atoms with van der Waals surface area (Å²) in [4.78, 5) is 6.81. The third-order valence-corrected chi connectivity index (χ3v) is 3.60. The zero-order chi connectivity index (χ0) is 10.8. The fourth-order valence-corrected chi connectivity index (χ4v) is 2.71. The third kappa shape index (κ3) is 2.97. The number of aromatic nitrogens is 3. The van der Waals surface area contributed by atoms with Gasteiger partial charge in [0.05, 0.1) is 13.1 Å². The molecule has 17 heavy (non-hydrogen) atoms. The average Bonchev–Trinajstić information content (AvgIpc) is 2.77. The van der Waals surface area contributed by atoms with Gasteiger partial charge in [0.15, 0.2) is 0 Å². The van der Waals surface area contributed by atoms with E-state index in [2.05, 4.69) is 20.3 Å². The summed E-state index contributed by atoms with van der Waals surface area (Å²) in [7, 11) is 0. The SMILES string of the molecule is Cl.c1nc2n(n1)CCN(CC1CCCNC1)C2. The molecule has 6 heteroatoms. The van der Waals surface area contributed by atoms with Gasteiger partial charge in [-0.05, 0) is 31.8 Å². The Bertz CT molecular complexity index is 347. The van der Waals surface area contributed by atoms with Crippen LogP contribution in [-0.2, 0) is 13.1 Å². The highest BCUT2D eigenvalue weighted by Crippen LogP contribution is 2.15. The predicted octanol–water partition coefficient (Wildman–Crippen LogP) is 0.515. The van der Waals surface area contributed by atoms with E-state index in [-0.39, 0.29) is 12.4 Å². The maximum Gasteiger partial charge on any atom is 0.141 e. The molecule has 0 amide bonds. The normalized spacial score (nSPS) is 25.1. The molecule has 1 aromatic rings. The number of fused-ring (bicyclic) bond motifs is 1. The molecule has 1 N–H and O–H groups in total. The number of piperidine rings is 1. The Morgan fingerprint density at radius 3 is 3.18 bits per heavy atom. The molecule has 1 aromatic heterocycles. The van der Waals surface area contributed by atoms with E-state index in [1.54, 1.807) is 6.33 Å². The molecule has 96 valence electrons. The molecule has 1 atom stereocenters. The molecule has 1 unspecified atom stereocenters. The highest BCUT2D eigenvalue weighted by Gasteiger charge is 2.21. The fourth-order valence-electron chi connectivity index (χ4n) is 2.71. The minimum absolute atomic E-state index is 0. The monoisotopic (exact) mass is 257 g/mol. The van der Waals surface area contributed by atoms with Gasteiger partial charge in [-0.25, -0.2) is 9.67 Å². The number of nitrogens with zero attached hydrogens (tertiary/aromatic N) is 4. The van der Waals surface area contributed by atoms with Gasteiger partial charge in [-0.2, -0.15) is 5.10 Å². The van der Waals surface area contributed by atoms with Crippen molar-refractivity contribution < 1.29 is 0 Å². The number of rotatable bonds is 2. The maximum absolute atomic E-state index is 4.29. The summed E-state index contributed by atoms with van der Waals surface area (Å²) in [5.41, 5.74) is 0. The molecule has 1 fully saturated rings. The predicted molar refractivity (Wildman–Crippen MR) is 68.1 cm³/mol. The lowest BCUT2D eigenvalue weighted by molar-refractivity contribution is 0.165. The molecular formula is C11H20ClN5. The lowest BCUT2D eigenvalue weighted by Gasteiger charge is -2.32. The van der Waals surface area contributed by atoms with E-state index < -0.39 is 0 Å². The summed E-state index contributed by atoms with van der Waals surface area (Å²) in [5.74, 6) is 1.94. The second-order valence-electron chi connectivity index (χ2n) is 4.85. The minimum Gasteiger partial charge on any atom is -0.316 e. The van der Waals surface area contributed by atoms with E-state index in [1.807, 2.05) is 4.68 Å². The second-order valence-corrected chi connectivity index (χ2v) is 4.85. The molecule has 3 heterocycles. The molecule has 3 rings (SSSR count). The zero-order valence-corrected chi connectivity index (χ0v) is 10.8. The van der Waals surface area contributed by atoms with Crippen LogP contribution in [0.5, 0.6) is 0 Å². The van der Waals surface area contributed by atoms with Crippen molar-refractivity contribution in [2.45, 2.75) is 25.9 Å². The summed E-state index contributed by atoms with van der Waals surface area (Å²) in [5, 5.41) is 7.68. The van der Waals surface area contributed by atoms with E-state index in [4.69, 9.17) is 0 Å². The Morgan fingerprint density at radius 2 is 2.35 bits per heavy atom. The summed E-state index contributed by atoms with van der Waals surface area (Å²) in [6.07, 6.45) is 4.37. The lowest BCUT2D eigenvalue weighted by Crippen LogP contribution is -2.41. The van der Waals surface area contributed by atoms with Crippen LogP contribution in [0.3, 0.4) is 0 Å². The van der Waals surface area contributed by atoms with Gasteiger partial charge in [0.1, 0.15) is 12.2 Å². The van der Waals surface area contributed by atoms with Crippen molar-refractivity contribution in [1.82, 2.24) is 25.0 Å². The minimum atomic E-state index is 0. The van der Waals surface area contributed by atoms with Gasteiger partial charge in [0, 0.05) is 13.1 Å². The van der Waals surface area contributed by atoms with Crippen LogP contribution >= 0.6 is 12.4 Å². The van der Waals surface area contributed by atoms with E-state index in [0.29, 0.717) is 0 Å². The summed E-state index contributed by atoms with van der Waals surface area (Å²) in [6.45, 7) is 6.67. The van der Waals surface area contributed by atoms with E-state index in [0.717, 1.165) is 31.4 Å². The Balaban J connectivity index is 0.00000108. The molecule has 0 bridgehead atoms. The summed E-state index contributed by atoms with van der Waals surface area (Å²) < 4.78 is 2.02. The third-order valence-electron chi connectivity index (χ3n) is 3.60. The molecule has 0 radical (unpaired) electrons. The highest BCUT2D eigenvalue weighted by molar-refractivity contribution is 5.85. The Hall–Kier alpha value is -0.650. The van der Waals surface area contributed by atoms with Gasteiger partial charge in [0.25, 0.3) is 0 Å². The van der Waals surface area contributed by atoms with Crippen molar-refractivity contribution in [2.24, 2.45) is 5.92 Å². The van der Waals surface area contributed by atoms with Crippen molar-refractivity contribution in [3.63, 3.8) is 0 Å². The maximum atomic E-state index is 4.29. The van der Waals surface area contributed by atoms with Gasteiger partial charge in [-0.1, -0.05) is 0 Å². The smallest absolute Gasteiger partial charge is 0.141 e. The molecule has 1 saturated heterocycles. The van der Waals surface area contributed by atoms with Gasteiger partial charge in [-0.15, -0.1) is 12.4 Å². The van der Waals surface area contributed by atoms with E-state index in [9.17, 15) is 0 Å². The van der Waals surface area contributed by atoms with Crippen LogP contribution in [0, 0.1) is 5.92 Å². The van der Waals surface area contributed by atoms with E-state index >= 15 is 0 Å². The van der Waals surface area contributed by atoms with Gasteiger partial charge in [-0.3, -0.25) is 4.90 Å². The zero-order valence-electron chi connectivity index (χ0n) is 10.0. The fraction of sp³-hybridized carbons (Fsp3) is 0.818. The molecule has 0 aromatic carbocycles. The molecule has 2 aliphatic heterocycles. The van der Waals surface area contributed by atoms with Gasteiger partial charge < -0.3 is 5.32 Å². The topological polar surface area (TPSA) is 46.0 Å². The second kappa shape index (κ2) is 5.80. The molecule has 0 spiro atoms. The van der Waals surface area contributed by atoms with Crippen LogP contribution in [0.15, 0.2) is 6.33 Å². The first kappa shape index (κ1) is 12.8. The number of hydrogen-bond acceptors (Lipinski definition) is 4.